The summed E-state index contributed by atoms with van der Waals surface area (Å²) in [6.45, 7) is 0. The maximum atomic E-state index is 4.38. The van der Waals surface area contributed by atoms with Gasteiger partial charge in [0.25, 0.3) is 0 Å². The Labute approximate surface area is 836 Å². The summed E-state index contributed by atoms with van der Waals surface area (Å²) < 4.78 is 0. The lowest BCUT2D eigenvalue weighted by Crippen LogP contribution is -2.12. The fourth-order valence-corrected chi connectivity index (χ4v) is 21.1. The first-order chi connectivity index (χ1) is 71.4. The average Bonchev–Trinajstić information content (AvgIpc) is 0.719. The first-order valence-corrected chi connectivity index (χ1v) is 48.9. The van der Waals surface area contributed by atoms with Gasteiger partial charge in [0, 0.05) is 139 Å². The Morgan fingerprint density at radius 1 is 0.125 bits per heavy atom. The molecule has 0 radical (unpaired) electrons. The molecule has 22 aromatic carbocycles. The Hall–Kier alpha value is -19.3. The molecule has 0 aliphatic rings. The number of anilines is 12. The Morgan fingerprint density at radius 2 is 0.354 bits per heavy atom. The van der Waals surface area contributed by atoms with Crippen molar-refractivity contribution in [3.05, 3.63) is 559 Å². The van der Waals surface area contributed by atoms with Crippen LogP contribution in [-0.2, 0) is 0 Å². The molecule has 26 rings (SSSR count). The molecule has 676 valence electrons. The van der Waals surface area contributed by atoms with Crippen LogP contribution in [0.4, 0.5) is 68.2 Å². The topological polar surface area (TPSA) is 64.5 Å². The van der Waals surface area contributed by atoms with E-state index in [2.05, 4.69) is 549 Å². The molecule has 8 nitrogen and oxygen atoms in total. The number of benzene rings is 22. The van der Waals surface area contributed by atoms with Crippen molar-refractivity contribution in [2.24, 2.45) is 0 Å². The lowest BCUT2D eigenvalue weighted by molar-refractivity contribution is 1.26. The quantitative estimate of drug-likeness (QED) is 0.0700. The van der Waals surface area contributed by atoms with E-state index in [0.717, 1.165) is 129 Å². The van der Waals surface area contributed by atoms with Gasteiger partial charge in [0.1, 0.15) is 0 Å². The molecule has 4 heterocycles. The van der Waals surface area contributed by atoms with Crippen molar-refractivity contribution in [1.82, 2.24) is 19.9 Å². The summed E-state index contributed by atoms with van der Waals surface area (Å²) in [5.74, 6) is 0. The molecule has 0 unspecified atom stereocenters. The van der Waals surface area contributed by atoms with Crippen LogP contribution in [0.2, 0.25) is 0 Å². The summed E-state index contributed by atoms with van der Waals surface area (Å²) in [7, 11) is 0. The molecular formula is C136H92N8. The van der Waals surface area contributed by atoms with Crippen LogP contribution in [0.15, 0.2) is 559 Å². The Balaban J connectivity index is 0.000000151. The molecule has 0 fully saturated rings. The van der Waals surface area contributed by atoms with E-state index in [1.165, 1.54) is 115 Å². The highest BCUT2D eigenvalue weighted by atomic mass is 15.2. The normalized spacial score (nSPS) is 11.3. The van der Waals surface area contributed by atoms with Crippen LogP contribution in [0.3, 0.4) is 0 Å². The number of nitrogens with zero attached hydrogens (tertiary/aromatic N) is 8. The zero-order chi connectivity index (χ0) is 95.6. The third-order valence-corrected chi connectivity index (χ3v) is 27.9. The summed E-state index contributed by atoms with van der Waals surface area (Å²) in [6, 6.07) is 185. The molecule has 0 spiro atoms. The van der Waals surface area contributed by atoms with Crippen LogP contribution in [-0.4, -0.2) is 19.9 Å². The molecule has 0 saturated carbocycles. The number of hydrogen-bond acceptors (Lipinski definition) is 8. The lowest BCUT2D eigenvalue weighted by atomic mass is 9.84. The number of fused-ring (bicyclic) bond motifs is 8. The van der Waals surface area contributed by atoms with Crippen molar-refractivity contribution in [3.63, 3.8) is 0 Å². The highest BCUT2D eigenvalue weighted by Gasteiger charge is 2.28. The largest absolute Gasteiger partial charge is 0.311 e. The molecule has 0 amide bonds. The second-order valence-electron chi connectivity index (χ2n) is 36.5. The van der Waals surface area contributed by atoms with Crippen molar-refractivity contribution in [2.45, 2.75) is 0 Å². The van der Waals surface area contributed by atoms with Gasteiger partial charge < -0.3 is 19.6 Å². The summed E-state index contributed by atoms with van der Waals surface area (Å²) in [4.78, 5) is 26.9. The second-order valence-corrected chi connectivity index (χ2v) is 36.5. The highest BCUT2D eigenvalue weighted by Crippen LogP contribution is 2.54. The summed E-state index contributed by atoms with van der Waals surface area (Å²) in [6.07, 6.45) is 15.2. The number of pyridine rings is 4. The highest BCUT2D eigenvalue weighted by molar-refractivity contribution is 6.26. The van der Waals surface area contributed by atoms with Crippen LogP contribution in [0.25, 0.3) is 175 Å². The van der Waals surface area contributed by atoms with Gasteiger partial charge in [0.2, 0.25) is 0 Å². The maximum absolute atomic E-state index is 4.38. The molecule has 0 N–H and O–H groups in total. The van der Waals surface area contributed by atoms with Crippen LogP contribution in [0.5, 0.6) is 0 Å². The van der Waals surface area contributed by atoms with Crippen molar-refractivity contribution in [2.75, 3.05) is 19.6 Å². The minimum atomic E-state index is 1.05. The number of hydrogen-bond donors (Lipinski definition) is 0. The second kappa shape index (κ2) is 38.2. The third-order valence-electron chi connectivity index (χ3n) is 27.9. The number of rotatable bonds is 20. The van der Waals surface area contributed by atoms with E-state index >= 15 is 0 Å². The van der Waals surface area contributed by atoms with Crippen molar-refractivity contribution >= 4 is 154 Å². The van der Waals surface area contributed by atoms with Gasteiger partial charge in [-0.25, -0.2) is 0 Å². The lowest BCUT2D eigenvalue weighted by Gasteiger charge is -2.30. The maximum Gasteiger partial charge on any atom is 0.0546 e. The molecule has 0 aliphatic heterocycles. The van der Waals surface area contributed by atoms with Crippen molar-refractivity contribution in [3.8, 4) is 89.0 Å². The fourth-order valence-electron chi connectivity index (χ4n) is 21.1. The summed E-state index contributed by atoms with van der Waals surface area (Å²) in [5, 5.41) is 18.6. The third kappa shape index (κ3) is 16.7. The monoisotopic (exact) mass is 1840 g/mol. The predicted octanol–water partition coefficient (Wildman–Crippen LogP) is 37.4. The summed E-state index contributed by atoms with van der Waals surface area (Å²) >= 11 is 0. The van der Waals surface area contributed by atoms with Crippen molar-refractivity contribution < 1.29 is 0 Å². The molecular weight excluding hydrogens is 1750 g/mol. The zero-order valence-corrected chi connectivity index (χ0v) is 78.7. The van der Waals surface area contributed by atoms with E-state index < -0.39 is 0 Å². The average molecular weight is 1840 g/mol. The van der Waals surface area contributed by atoms with Gasteiger partial charge in [-0.15, -0.1) is 0 Å². The minimum Gasteiger partial charge on any atom is -0.311 e. The van der Waals surface area contributed by atoms with Gasteiger partial charge in [-0.05, 0) is 361 Å². The van der Waals surface area contributed by atoms with Crippen LogP contribution in [0, 0.1) is 0 Å². The van der Waals surface area contributed by atoms with Gasteiger partial charge in [-0.1, -0.05) is 297 Å². The van der Waals surface area contributed by atoms with Gasteiger partial charge in [0.15, 0.2) is 0 Å². The molecule has 0 atom stereocenters. The van der Waals surface area contributed by atoms with Crippen LogP contribution < -0.4 is 19.6 Å². The first kappa shape index (κ1) is 86.3. The van der Waals surface area contributed by atoms with Gasteiger partial charge in [-0.3, -0.25) is 19.9 Å². The molecule has 0 aliphatic carbocycles. The predicted molar refractivity (Wildman–Crippen MR) is 606 cm³/mol. The molecule has 0 saturated heterocycles. The Kier molecular flexibility index (Phi) is 22.9. The Bertz CT molecular complexity index is 9050. The SMILES string of the molecule is c1ccc(N(c2ccccc2)c2ccc(N(c3ccccc3)c3ccc4c(-c5cccc(-c6ccc7cnccc7c6)c5)c5ccccc5c(-c5cccc(-c6ccc7cnccc7c6)c5)c4c3)cc2)cc1.c1ccc(N(c2ccccc2)c2ccc(N(c3ccccc3)c3cccc4c(-c5cccc(-c6ccc7cnccc7c6)c5)c5ccccc5c(-c5cccc(-c6ccc7cnccc7c6)c5)c34)cc2)cc1. The number of para-hydroxylation sites is 6. The minimum absolute atomic E-state index is 1.05. The van der Waals surface area contributed by atoms with Crippen LogP contribution >= 0.6 is 0 Å². The fraction of sp³-hybridized carbons (Fsp3) is 0. The Morgan fingerprint density at radius 3 is 0.688 bits per heavy atom. The zero-order valence-electron chi connectivity index (χ0n) is 78.7. The van der Waals surface area contributed by atoms with E-state index in [0.29, 0.717) is 0 Å². The molecule has 0 bridgehead atoms. The first-order valence-electron chi connectivity index (χ1n) is 48.9. The van der Waals surface area contributed by atoms with E-state index in [4.69, 9.17) is 0 Å². The standard InChI is InChI=1S/2C68H46N4/c1-4-19-57(20-5-1)71(58-21-6-2-7-22-58)60-33-35-61(36-34-60)72(59-23-8-3-9-24-59)65-28-14-27-64-66(53-17-12-15-47(43-53)49-29-31-55-45-69-39-37-51(55)41-49)62-25-10-11-26-63(62)67(68(64)65)54-18-13-16-48(44-54)50-30-32-56-46-70-40-38-52(56)42-50;1-4-18-57(19-5-1)71(58-20-6-2-7-21-58)60-30-32-61(33-31-60)72(59-22-8-3-9-23-59)62-34-35-65-66(44-62)68(54-17-13-15-48(43-54)50-27-29-56-46-70-39-37-52(56)41-50)64-25-11-10-24-63(64)67(65)53-16-12-14-47(42-53)49-26-28-55-45-69-38-36-51(55)40-49/h2*1-46H. The van der Waals surface area contributed by atoms with E-state index in [1.807, 2.05) is 49.6 Å². The van der Waals surface area contributed by atoms with E-state index in [-0.39, 0.29) is 0 Å². The number of aromatic nitrogens is 4. The van der Waals surface area contributed by atoms with Crippen LogP contribution in [0.1, 0.15) is 0 Å². The van der Waals surface area contributed by atoms with E-state index in [1.54, 1.807) is 0 Å². The molecule has 8 heteroatoms. The molecule has 144 heavy (non-hydrogen) atoms. The van der Waals surface area contributed by atoms with Gasteiger partial charge in [-0.2, -0.15) is 0 Å². The molecule has 26 aromatic rings. The molecule has 4 aromatic heterocycles. The van der Waals surface area contributed by atoms with Gasteiger partial charge >= 0.3 is 0 Å². The smallest absolute Gasteiger partial charge is 0.0546 e. The summed E-state index contributed by atoms with van der Waals surface area (Å²) in [5.41, 5.74) is 31.6. The van der Waals surface area contributed by atoms with Gasteiger partial charge in [0.05, 0.1) is 5.69 Å². The van der Waals surface area contributed by atoms with E-state index in [9.17, 15) is 0 Å². The van der Waals surface area contributed by atoms with Crippen molar-refractivity contribution in [1.29, 1.82) is 0 Å².